The second kappa shape index (κ2) is 4.45. The van der Waals surface area contributed by atoms with Gasteiger partial charge in [0, 0.05) is 19.1 Å². The Hall–Kier alpha value is -0.340. The average Bonchev–Trinajstić information content (AvgIpc) is 2.55. The van der Waals surface area contributed by atoms with Crippen molar-refractivity contribution in [3.8, 4) is 0 Å². The molecular formula is C12H20O2. The van der Waals surface area contributed by atoms with Gasteiger partial charge in [0.25, 0.3) is 0 Å². The third-order valence-corrected chi connectivity index (χ3v) is 3.77. The van der Waals surface area contributed by atoms with E-state index in [9.17, 15) is 5.11 Å². The highest BCUT2D eigenvalue weighted by Gasteiger charge is 2.42. The quantitative estimate of drug-likeness (QED) is 0.699. The molecule has 2 aliphatic rings. The predicted octanol–water partition coefficient (Wildman–Crippen LogP) is 1.99. The molecule has 2 nitrogen and oxygen atoms in total. The van der Waals surface area contributed by atoms with E-state index in [0.29, 0.717) is 24.5 Å². The number of ether oxygens (including phenoxy) is 1. The van der Waals surface area contributed by atoms with Gasteiger partial charge in [-0.05, 0) is 38.0 Å². The fourth-order valence-corrected chi connectivity index (χ4v) is 3.09. The number of aliphatic hydroxyl groups excluding tert-OH is 1. The van der Waals surface area contributed by atoms with Crippen LogP contribution >= 0.6 is 0 Å². The van der Waals surface area contributed by atoms with Crippen LogP contribution in [0.1, 0.15) is 26.2 Å². The summed E-state index contributed by atoms with van der Waals surface area (Å²) in [5, 5.41) is 9.40. The molecule has 1 saturated carbocycles. The van der Waals surface area contributed by atoms with Crippen LogP contribution in [0.5, 0.6) is 0 Å². The minimum atomic E-state index is 0.291. The second-order valence-electron chi connectivity index (χ2n) is 4.44. The van der Waals surface area contributed by atoms with Gasteiger partial charge in [-0.25, -0.2) is 0 Å². The SMILES string of the molecule is CCO[C@@H]1C[C@H]2CC=CC[C@@H]2[C@@H]1CO. The molecule has 0 aromatic carbocycles. The number of hydrogen-bond acceptors (Lipinski definition) is 2. The molecule has 0 aromatic heterocycles. The summed E-state index contributed by atoms with van der Waals surface area (Å²) < 4.78 is 5.71. The lowest BCUT2D eigenvalue weighted by molar-refractivity contribution is 0.00735. The molecule has 1 N–H and O–H groups in total. The molecule has 2 heteroatoms. The smallest absolute Gasteiger partial charge is 0.0630 e. The van der Waals surface area contributed by atoms with Gasteiger partial charge in [0.15, 0.2) is 0 Å². The highest BCUT2D eigenvalue weighted by atomic mass is 16.5. The van der Waals surface area contributed by atoms with Crippen LogP contribution in [0.3, 0.4) is 0 Å². The van der Waals surface area contributed by atoms with Gasteiger partial charge in [-0.2, -0.15) is 0 Å². The van der Waals surface area contributed by atoms with Crippen molar-refractivity contribution < 1.29 is 9.84 Å². The molecule has 4 atom stereocenters. The van der Waals surface area contributed by atoms with Crippen LogP contribution in [0, 0.1) is 17.8 Å². The Morgan fingerprint density at radius 2 is 2.14 bits per heavy atom. The number of allylic oxidation sites excluding steroid dienone is 2. The molecule has 14 heavy (non-hydrogen) atoms. The summed E-state index contributed by atoms with van der Waals surface area (Å²) in [6.07, 6.45) is 8.32. The largest absolute Gasteiger partial charge is 0.396 e. The Morgan fingerprint density at radius 3 is 2.86 bits per heavy atom. The maximum Gasteiger partial charge on any atom is 0.0630 e. The van der Waals surface area contributed by atoms with Crippen LogP contribution in [-0.2, 0) is 4.74 Å². The third kappa shape index (κ3) is 1.73. The summed E-state index contributed by atoms with van der Waals surface area (Å²) >= 11 is 0. The van der Waals surface area contributed by atoms with Crippen molar-refractivity contribution in [2.45, 2.75) is 32.3 Å². The van der Waals surface area contributed by atoms with Crippen molar-refractivity contribution in [1.29, 1.82) is 0 Å². The van der Waals surface area contributed by atoms with E-state index in [2.05, 4.69) is 12.2 Å². The highest BCUT2D eigenvalue weighted by Crippen LogP contribution is 2.44. The zero-order chi connectivity index (χ0) is 9.97. The van der Waals surface area contributed by atoms with Crippen molar-refractivity contribution in [2.75, 3.05) is 13.2 Å². The number of hydrogen-bond donors (Lipinski definition) is 1. The lowest BCUT2D eigenvalue weighted by atomic mass is 9.82. The molecule has 0 radical (unpaired) electrons. The molecule has 0 aliphatic heterocycles. The minimum Gasteiger partial charge on any atom is -0.396 e. The van der Waals surface area contributed by atoms with Crippen LogP contribution in [0.4, 0.5) is 0 Å². The molecular weight excluding hydrogens is 176 g/mol. The van der Waals surface area contributed by atoms with Crippen molar-refractivity contribution in [1.82, 2.24) is 0 Å². The summed E-state index contributed by atoms with van der Waals surface area (Å²) in [5.74, 6) is 1.81. The zero-order valence-electron chi connectivity index (χ0n) is 8.86. The lowest BCUT2D eigenvalue weighted by Crippen LogP contribution is -2.26. The number of aliphatic hydroxyl groups is 1. The average molecular weight is 196 g/mol. The Balaban J connectivity index is 2.04. The first-order valence-corrected chi connectivity index (χ1v) is 5.74. The molecule has 0 aromatic rings. The van der Waals surface area contributed by atoms with Gasteiger partial charge in [0.1, 0.15) is 0 Å². The van der Waals surface area contributed by atoms with Gasteiger partial charge in [-0.1, -0.05) is 12.2 Å². The lowest BCUT2D eigenvalue weighted by Gasteiger charge is -2.25. The topological polar surface area (TPSA) is 29.5 Å². The van der Waals surface area contributed by atoms with E-state index in [1.54, 1.807) is 0 Å². The van der Waals surface area contributed by atoms with E-state index in [0.717, 1.165) is 25.4 Å². The van der Waals surface area contributed by atoms with Crippen molar-refractivity contribution in [3.63, 3.8) is 0 Å². The van der Waals surface area contributed by atoms with Gasteiger partial charge in [-0.3, -0.25) is 0 Å². The monoisotopic (exact) mass is 196 g/mol. The van der Waals surface area contributed by atoms with Crippen LogP contribution < -0.4 is 0 Å². The minimum absolute atomic E-state index is 0.291. The number of fused-ring (bicyclic) bond motifs is 1. The van der Waals surface area contributed by atoms with E-state index in [4.69, 9.17) is 4.74 Å². The Labute approximate surface area is 86.0 Å². The van der Waals surface area contributed by atoms with E-state index in [-0.39, 0.29) is 0 Å². The van der Waals surface area contributed by atoms with Crippen molar-refractivity contribution in [3.05, 3.63) is 12.2 Å². The molecule has 1 fully saturated rings. The fourth-order valence-electron chi connectivity index (χ4n) is 3.09. The summed E-state index contributed by atoms with van der Waals surface area (Å²) in [4.78, 5) is 0. The number of rotatable bonds is 3. The van der Waals surface area contributed by atoms with E-state index in [1.807, 2.05) is 6.92 Å². The molecule has 0 bridgehead atoms. The van der Waals surface area contributed by atoms with Gasteiger partial charge in [0.2, 0.25) is 0 Å². The van der Waals surface area contributed by atoms with Crippen molar-refractivity contribution in [2.24, 2.45) is 17.8 Å². The predicted molar refractivity (Wildman–Crippen MR) is 56.0 cm³/mol. The fraction of sp³-hybridized carbons (Fsp3) is 0.833. The van der Waals surface area contributed by atoms with Crippen LogP contribution in [0.25, 0.3) is 0 Å². The summed E-state index contributed by atoms with van der Waals surface area (Å²) in [5.41, 5.74) is 0. The van der Waals surface area contributed by atoms with Gasteiger partial charge in [0.05, 0.1) is 6.10 Å². The molecule has 0 spiro atoms. The normalized spacial score (nSPS) is 41.3. The summed E-state index contributed by atoms with van der Waals surface area (Å²) in [7, 11) is 0. The van der Waals surface area contributed by atoms with Gasteiger partial charge < -0.3 is 9.84 Å². The zero-order valence-corrected chi connectivity index (χ0v) is 8.86. The molecule has 2 aliphatic carbocycles. The molecule has 80 valence electrons. The molecule has 0 saturated heterocycles. The van der Waals surface area contributed by atoms with Crippen LogP contribution in [0.15, 0.2) is 12.2 Å². The Kier molecular flexibility index (Phi) is 3.24. The van der Waals surface area contributed by atoms with Crippen LogP contribution in [-0.4, -0.2) is 24.4 Å². The second-order valence-corrected chi connectivity index (χ2v) is 4.44. The van der Waals surface area contributed by atoms with Crippen molar-refractivity contribution >= 4 is 0 Å². The maximum atomic E-state index is 9.40. The van der Waals surface area contributed by atoms with Gasteiger partial charge >= 0.3 is 0 Å². The standard InChI is InChI=1S/C12H20O2/c1-2-14-12-7-9-5-3-4-6-10(9)11(12)8-13/h3-4,9-13H,2,5-8H2,1H3/t9-,10+,11+,12-/m1/s1. The third-order valence-electron chi connectivity index (χ3n) is 3.77. The molecule has 2 rings (SSSR count). The highest BCUT2D eigenvalue weighted by molar-refractivity contribution is 5.02. The Bertz CT molecular complexity index is 212. The van der Waals surface area contributed by atoms with Crippen LogP contribution in [0.2, 0.25) is 0 Å². The first-order chi connectivity index (χ1) is 6.86. The Morgan fingerprint density at radius 1 is 1.36 bits per heavy atom. The van der Waals surface area contributed by atoms with E-state index < -0.39 is 0 Å². The first kappa shape index (κ1) is 10.2. The molecule has 0 amide bonds. The summed E-state index contributed by atoms with van der Waals surface area (Å²) in [6.45, 7) is 3.10. The van der Waals surface area contributed by atoms with Gasteiger partial charge in [-0.15, -0.1) is 0 Å². The van der Waals surface area contributed by atoms with E-state index >= 15 is 0 Å². The summed E-state index contributed by atoms with van der Waals surface area (Å²) in [6, 6.07) is 0. The van der Waals surface area contributed by atoms with E-state index in [1.165, 1.54) is 6.42 Å². The maximum absolute atomic E-state index is 9.40. The molecule has 0 unspecified atom stereocenters. The first-order valence-electron chi connectivity index (χ1n) is 5.74. The molecule has 0 heterocycles.